The monoisotopic (exact) mass is 492 g/mol. The quantitative estimate of drug-likeness (QED) is 0.370. The van der Waals surface area contributed by atoms with Gasteiger partial charge < -0.3 is 21.1 Å². The van der Waals surface area contributed by atoms with E-state index < -0.39 is 17.6 Å². The highest BCUT2D eigenvalue weighted by molar-refractivity contribution is 6.30. The molecule has 1 heterocycles. The van der Waals surface area contributed by atoms with Crippen LogP contribution in [0.5, 0.6) is 0 Å². The number of carbonyl (C=O) groups excluding carboxylic acids is 2. The maximum atomic E-state index is 13.0. The predicted octanol–water partition coefficient (Wildman–Crippen LogP) is 4.45. The molecule has 0 radical (unpaired) electrons. The highest BCUT2D eigenvalue weighted by Crippen LogP contribution is 2.48. The molecule has 1 aromatic heterocycles. The Morgan fingerprint density at radius 1 is 1.06 bits per heavy atom. The van der Waals surface area contributed by atoms with Crippen molar-refractivity contribution >= 4 is 35.2 Å². The number of nitrogens with zero attached hydrogens (tertiary/aromatic N) is 1. The van der Waals surface area contributed by atoms with Crippen LogP contribution in [0.25, 0.3) is 0 Å². The summed E-state index contributed by atoms with van der Waals surface area (Å²) in [4.78, 5) is 41.0. The number of aromatic nitrogens is 1. The lowest BCUT2D eigenvalue weighted by atomic mass is 9.94. The number of amides is 3. The Balaban J connectivity index is 1.43. The third-order valence-electron chi connectivity index (χ3n) is 6.19. The Morgan fingerprint density at radius 3 is 2.34 bits per heavy atom. The SMILES string of the molecule is Cc1cnccc1NC(=O)c1ccc(C(CNC(=O)C2(c3ccc(Cl)cc3)CC2)NC(=O)O)cc1. The minimum atomic E-state index is -1.21. The summed E-state index contributed by atoms with van der Waals surface area (Å²) in [6.07, 6.45) is 3.49. The molecule has 1 atom stereocenters. The molecule has 35 heavy (non-hydrogen) atoms. The Labute approximate surface area is 207 Å². The van der Waals surface area contributed by atoms with E-state index in [9.17, 15) is 19.5 Å². The fourth-order valence-electron chi connectivity index (χ4n) is 3.98. The maximum absolute atomic E-state index is 13.0. The zero-order chi connectivity index (χ0) is 25.0. The number of carbonyl (C=O) groups is 3. The van der Waals surface area contributed by atoms with Gasteiger partial charge in [-0.15, -0.1) is 0 Å². The summed E-state index contributed by atoms with van der Waals surface area (Å²) in [7, 11) is 0. The summed E-state index contributed by atoms with van der Waals surface area (Å²) in [6, 6.07) is 14.8. The van der Waals surface area contributed by atoms with Crippen LogP contribution in [0.1, 0.15) is 45.9 Å². The molecular formula is C26H25ClN4O4. The lowest BCUT2D eigenvalue weighted by Gasteiger charge is -2.21. The summed E-state index contributed by atoms with van der Waals surface area (Å²) in [6.45, 7) is 1.92. The molecule has 180 valence electrons. The highest BCUT2D eigenvalue weighted by Gasteiger charge is 2.51. The molecule has 1 saturated carbocycles. The van der Waals surface area contributed by atoms with Crippen LogP contribution in [0.15, 0.2) is 67.0 Å². The smallest absolute Gasteiger partial charge is 0.405 e. The topological polar surface area (TPSA) is 120 Å². The molecule has 8 nitrogen and oxygen atoms in total. The van der Waals surface area contributed by atoms with Crippen LogP contribution in [-0.2, 0) is 10.2 Å². The van der Waals surface area contributed by atoms with Crippen LogP contribution in [0.2, 0.25) is 5.02 Å². The van der Waals surface area contributed by atoms with Gasteiger partial charge in [0, 0.05) is 35.2 Å². The van der Waals surface area contributed by atoms with Crippen molar-refractivity contribution in [1.29, 1.82) is 0 Å². The Kier molecular flexibility index (Phi) is 7.02. The third kappa shape index (κ3) is 5.60. The Hall–Kier alpha value is -3.91. The molecule has 4 N–H and O–H groups in total. The number of aryl methyl sites for hydroxylation is 1. The zero-order valence-electron chi connectivity index (χ0n) is 19.0. The average Bonchev–Trinajstić information content (AvgIpc) is 3.65. The van der Waals surface area contributed by atoms with E-state index in [1.807, 2.05) is 19.1 Å². The van der Waals surface area contributed by atoms with E-state index in [2.05, 4.69) is 20.9 Å². The number of anilines is 1. The fraction of sp³-hybridized carbons (Fsp3) is 0.231. The van der Waals surface area contributed by atoms with Gasteiger partial charge >= 0.3 is 6.09 Å². The second kappa shape index (κ2) is 10.1. The summed E-state index contributed by atoms with van der Waals surface area (Å²) < 4.78 is 0. The van der Waals surface area contributed by atoms with Crippen LogP contribution in [-0.4, -0.2) is 34.5 Å². The number of hydrogen-bond donors (Lipinski definition) is 4. The molecule has 1 aliphatic carbocycles. The molecule has 1 fully saturated rings. The molecule has 0 aliphatic heterocycles. The van der Waals surface area contributed by atoms with Crippen LogP contribution < -0.4 is 16.0 Å². The lowest BCUT2D eigenvalue weighted by Crippen LogP contribution is -2.41. The van der Waals surface area contributed by atoms with Crippen LogP contribution in [0.4, 0.5) is 10.5 Å². The fourth-order valence-corrected chi connectivity index (χ4v) is 4.11. The van der Waals surface area contributed by atoms with Crippen molar-refractivity contribution in [3.8, 4) is 0 Å². The maximum Gasteiger partial charge on any atom is 0.405 e. The van der Waals surface area contributed by atoms with E-state index in [1.54, 1.807) is 54.9 Å². The number of pyridine rings is 1. The molecule has 0 saturated heterocycles. The number of hydrogen-bond acceptors (Lipinski definition) is 4. The average molecular weight is 493 g/mol. The first-order valence-electron chi connectivity index (χ1n) is 11.1. The van der Waals surface area contributed by atoms with Crippen LogP contribution in [0.3, 0.4) is 0 Å². The van der Waals surface area contributed by atoms with Gasteiger partial charge in [0.1, 0.15) is 0 Å². The minimum Gasteiger partial charge on any atom is -0.465 e. The second-order valence-electron chi connectivity index (χ2n) is 8.57. The first-order chi connectivity index (χ1) is 16.8. The zero-order valence-corrected chi connectivity index (χ0v) is 19.8. The van der Waals surface area contributed by atoms with E-state index in [0.717, 1.165) is 24.0 Å². The Morgan fingerprint density at radius 2 is 1.74 bits per heavy atom. The normalized spacial score (nSPS) is 14.5. The minimum absolute atomic E-state index is 0.0717. The van der Waals surface area contributed by atoms with Crippen LogP contribution >= 0.6 is 11.6 Å². The van der Waals surface area contributed by atoms with Crippen LogP contribution in [0, 0.1) is 6.92 Å². The number of nitrogens with one attached hydrogen (secondary N) is 3. The van der Waals surface area contributed by atoms with E-state index in [4.69, 9.17) is 11.6 Å². The van der Waals surface area contributed by atoms with Crippen molar-refractivity contribution in [2.75, 3.05) is 11.9 Å². The molecule has 3 aromatic rings. The summed E-state index contributed by atoms with van der Waals surface area (Å²) in [5, 5.41) is 18.1. The predicted molar refractivity (Wildman–Crippen MR) is 133 cm³/mol. The van der Waals surface area contributed by atoms with E-state index in [-0.39, 0.29) is 18.4 Å². The van der Waals surface area contributed by atoms with Gasteiger partial charge in [-0.05, 0) is 66.8 Å². The van der Waals surface area contributed by atoms with E-state index in [1.165, 1.54) is 0 Å². The van der Waals surface area contributed by atoms with Crippen molar-refractivity contribution in [3.63, 3.8) is 0 Å². The van der Waals surface area contributed by atoms with Gasteiger partial charge in [0.05, 0.1) is 11.5 Å². The van der Waals surface area contributed by atoms with Crippen molar-refractivity contribution in [2.24, 2.45) is 0 Å². The molecule has 0 spiro atoms. The van der Waals surface area contributed by atoms with Gasteiger partial charge in [-0.3, -0.25) is 14.6 Å². The van der Waals surface area contributed by atoms with Crippen molar-refractivity contribution in [2.45, 2.75) is 31.2 Å². The summed E-state index contributed by atoms with van der Waals surface area (Å²) >= 11 is 5.97. The first-order valence-corrected chi connectivity index (χ1v) is 11.5. The molecule has 1 aliphatic rings. The van der Waals surface area contributed by atoms with Gasteiger partial charge in [-0.1, -0.05) is 35.9 Å². The summed E-state index contributed by atoms with van der Waals surface area (Å²) in [5.41, 5.74) is 2.83. The van der Waals surface area contributed by atoms with Gasteiger partial charge in [0.25, 0.3) is 5.91 Å². The second-order valence-corrected chi connectivity index (χ2v) is 9.00. The third-order valence-corrected chi connectivity index (χ3v) is 6.44. The molecular weight excluding hydrogens is 468 g/mol. The Bertz CT molecular complexity index is 1240. The number of halogens is 1. The molecule has 0 bridgehead atoms. The van der Waals surface area contributed by atoms with Crippen molar-refractivity contribution < 1.29 is 19.5 Å². The highest BCUT2D eigenvalue weighted by atomic mass is 35.5. The molecule has 4 rings (SSSR count). The summed E-state index contributed by atoms with van der Waals surface area (Å²) in [5.74, 6) is -0.443. The van der Waals surface area contributed by atoms with E-state index in [0.29, 0.717) is 21.8 Å². The van der Waals surface area contributed by atoms with E-state index >= 15 is 0 Å². The molecule has 1 unspecified atom stereocenters. The number of benzene rings is 2. The van der Waals surface area contributed by atoms with Gasteiger partial charge in [0.2, 0.25) is 5.91 Å². The molecule has 9 heteroatoms. The standard InChI is InChI=1S/C26H25ClN4O4/c1-16-14-28-13-10-21(16)30-23(32)18-4-2-17(3-5-18)22(31-25(34)35)15-29-24(33)26(11-12-26)19-6-8-20(27)9-7-19/h2-10,13-14,22,31H,11-12,15H2,1H3,(H,29,33)(H,34,35)(H,28,30,32). The van der Waals surface area contributed by atoms with Gasteiger partial charge in [-0.2, -0.15) is 0 Å². The molecule has 2 aromatic carbocycles. The largest absolute Gasteiger partial charge is 0.465 e. The van der Waals surface area contributed by atoms with Crippen molar-refractivity contribution in [3.05, 3.63) is 94.3 Å². The number of rotatable bonds is 8. The lowest BCUT2D eigenvalue weighted by molar-refractivity contribution is -0.123. The first kappa shape index (κ1) is 24.2. The van der Waals surface area contributed by atoms with Gasteiger partial charge in [-0.25, -0.2) is 4.79 Å². The number of carboxylic acid groups (broad SMARTS) is 1. The van der Waals surface area contributed by atoms with Crippen molar-refractivity contribution in [1.82, 2.24) is 15.6 Å². The van der Waals surface area contributed by atoms with Gasteiger partial charge in [0.15, 0.2) is 0 Å². The molecule has 3 amide bonds.